The van der Waals surface area contributed by atoms with Gasteiger partial charge in [-0.2, -0.15) is 0 Å². The number of hydrogen-bond acceptors (Lipinski definition) is 4. The van der Waals surface area contributed by atoms with Gasteiger partial charge in [0.15, 0.2) is 5.13 Å². The van der Waals surface area contributed by atoms with Crippen LogP contribution in [0.4, 0.5) is 5.13 Å². The number of piperidine rings is 1. The van der Waals surface area contributed by atoms with Crippen LogP contribution >= 0.6 is 11.3 Å². The van der Waals surface area contributed by atoms with Gasteiger partial charge in [0.25, 0.3) is 0 Å². The molecule has 21 heavy (non-hydrogen) atoms. The van der Waals surface area contributed by atoms with Crippen LogP contribution in [0.15, 0.2) is 0 Å². The molecule has 1 saturated heterocycles. The number of rotatable bonds is 6. The predicted octanol–water partition coefficient (Wildman–Crippen LogP) is 4.39. The molecule has 0 radical (unpaired) electrons. The highest BCUT2D eigenvalue weighted by Gasteiger charge is 2.27. The van der Waals surface area contributed by atoms with E-state index in [-0.39, 0.29) is 0 Å². The summed E-state index contributed by atoms with van der Waals surface area (Å²) in [6.45, 7) is 14.6. The van der Waals surface area contributed by atoms with Crippen molar-refractivity contribution in [2.24, 2.45) is 5.92 Å². The summed E-state index contributed by atoms with van der Waals surface area (Å²) in [5.74, 6) is 1.41. The molecule has 1 aliphatic rings. The van der Waals surface area contributed by atoms with Crippen LogP contribution in [0.25, 0.3) is 0 Å². The molecular weight excluding hydrogens is 278 g/mol. The van der Waals surface area contributed by atoms with Crippen molar-refractivity contribution >= 4 is 16.5 Å². The number of anilines is 1. The lowest BCUT2D eigenvalue weighted by molar-refractivity contribution is 0.377. The van der Waals surface area contributed by atoms with Gasteiger partial charge in [0.2, 0.25) is 0 Å². The van der Waals surface area contributed by atoms with Crippen LogP contribution in [0.3, 0.4) is 0 Å². The third kappa shape index (κ3) is 3.98. The molecule has 0 spiro atoms. The Bertz CT molecular complexity index is 443. The van der Waals surface area contributed by atoms with E-state index in [0.29, 0.717) is 12.0 Å². The molecule has 0 bridgehead atoms. The summed E-state index contributed by atoms with van der Waals surface area (Å²) >= 11 is 1.91. The molecule has 1 N–H and O–H groups in total. The third-order valence-corrected chi connectivity index (χ3v) is 5.82. The van der Waals surface area contributed by atoms with Crippen molar-refractivity contribution in [2.45, 2.75) is 72.4 Å². The Hall–Kier alpha value is -0.610. The highest BCUT2D eigenvalue weighted by Crippen LogP contribution is 2.35. The van der Waals surface area contributed by atoms with Gasteiger partial charge >= 0.3 is 0 Å². The molecule has 3 unspecified atom stereocenters. The quantitative estimate of drug-likeness (QED) is 0.844. The minimum absolute atomic E-state index is 0.558. The maximum absolute atomic E-state index is 5.04. The monoisotopic (exact) mass is 309 g/mol. The first kappa shape index (κ1) is 16.8. The minimum Gasteiger partial charge on any atom is -0.345 e. The average Bonchev–Trinajstić information content (AvgIpc) is 2.88. The SMILES string of the molecule is CCNCc1sc(N2CCC(C)CC2C)nc1C(C)CC. The molecule has 1 aromatic heterocycles. The fourth-order valence-electron chi connectivity index (χ4n) is 3.11. The molecule has 0 amide bonds. The van der Waals surface area contributed by atoms with Crippen LogP contribution in [-0.2, 0) is 6.54 Å². The Balaban J connectivity index is 2.21. The van der Waals surface area contributed by atoms with Gasteiger partial charge in [-0.1, -0.05) is 27.7 Å². The van der Waals surface area contributed by atoms with Crippen LogP contribution in [0, 0.1) is 5.92 Å². The Labute approximate surface area is 134 Å². The largest absolute Gasteiger partial charge is 0.345 e. The van der Waals surface area contributed by atoms with E-state index < -0.39 is 0 Å². The average molecular weight is 310 g/mol. The lowest BCUT2D eigenvalue weighted by atomic mass is 9.94. The van der Waals surface area contributed by atoms with Gasteiger partial charge in [0.1, 0.15) is 0 Å². The number of nitrogens with zero attached hydrogens (tertiary/aromatic N) is 2. The van der Waals surface area contributed by atoms with Gasteiger partial charge in [-0.05, 0) is 44.6 Å². The zero-order valence-electron chi connectivity index (χ0n) is 14.3. The molecule has 3 nitrogen and oxygen atoms in total. The van der Waals surface area contributed by atoms with E-state index >= 15 is 0 Å². The smallest absolute Gasteiger partial charge is 0.186 e. The van der Waals surface area contributed by atoms with Crippen molar-refractivity contribution < 1.29 is 0 Å². The summed E-state index contributed by atoms with van der Waals surface area (Å²) in [6, 6.07) is 0.622. The molecule has 120 valence electrons. The molecule has 0 aliphatic carbocycles. The molecule has 4 heteroatoms. The van der Waals surface area contributed by atoms with E-state index in [1.807, 2.05) is 11.3 Å². The zero-order chi connectivity index (χ0) is 15.4. The molecule has 0 saturated carbocycles. The van der Waals surface area contributed by atoms with E-state index in [4.69, 9.17) is 4.98 Å². The van der Waals surface area contributed by atoms with Crippen LogP contribution in [-0.4, -0.2) is 24.1 Å². The Morgan fingerprint density at radius 3 is 2.76 bits per heavy atom. The molecule has 3 atom stereocenters. The van der Waals surface area contributed by atoms with Gasteiger partial charge in [-0.25, -0.2) is 4.98 Å². The van der Waals surface area contributed by atoms with Crippen molar-refractivity contribution in [3.8, 4) is 0 Å². The predicted molar refractivity (Wildman–Crippen MR) is 93.4 cm³/mol. The third-order valence-electron chi connectivity index (χ3n) is 4.72. The van der Waals surface area contributed by atoms with Crippen LogP contribution in [0.1, 0.15) is 70.4 Å². The van der Waals surface area contributed by atoms with Gasteiger partial charge < -0.3 is 10.2 Å². The van der Waals surface area contributed by atoms with Gasteiger partial charge in [-0.15, -0.1) is 11.3 Å². The lowest BCUT2D eigenvalue weighted by Gasteiger charge is -2.36. The highest BCUT2D eigenvalue weighted by atomic mass is 32.1. The summed E-state index contributed by atoms with van der Waals surface area (Å²) < 4.78 is 0. The first-order chi connectivity index (χ1) is 10.1. The fraction of sp³-hybridized carbons (Fsp3) is 0.824. The summed E-state index contributed by atoms with van der Waals surface area (Å²) in [5, 5.41) is 4.72. The number of nitrogens with one attached hydrogen (secondary N) is 1. The van der Waals surface area contributed by atoms with E-state index in [9.17, 15) is 0 Å². The second-order valence-electron chi connectivity index (χ2n) is 6.57. The minimum atomic E-state index is 0.558. The normalized spacial score (nSPS) is 24.3. The number of hydrogen-bond donors (Lipinski definition) is 1. The van der Waals surface area contributed by atoms with Crippen molar-refractivity contribution in [1.82, 2.24) is 10.3 Å². The van der Waals surface area contributed by atoms with Crippen molar-refractivity contribution in [1.29, 1.82) is 0 Å². The van der Waals surface area contributed by atoms with E-state index in [1.165, 1.54) is 28.5 Å². The molecule has 1 aliphatic heterocycles. The molecule has 1 fully saturated rings. The Morgan fingerprint density at radius 1 is 1.38 bits per heavy atom. The Morgan fingerprint density at radius 2 is 2.14 bits per heavy atom. The van der Waals surface area contributed by atoms with Crippen molar-refractivity contribution in [3.05, 3.63) is 10.6 Å². The van der Waals surface area contributed by atoms with Gasteiger partial charge in [-0.3, -0.25) is 0 Å². The number of aromatic nitrogens is 1. The molecule has 2 rings (SSSR count). The summed E-state index contributed by atoms with van der Waals surface area (Å²) in [5.41, 5.74) is 1.32. The molecule has 2 heterocycles. The summed E-state index contributed by atoms with van der Waals surface area (Å²) in [7, 11) is 0. The molecular formula is C17H31N3S. The summed E-state index contributed by atoms with van der Waals surface area (Å²) in [4.78, 5) is 9.01. The second kappa shape index (κ2) is 7.59. The molecule has 1 aromatic rings. The van der Waals surface area contributed by atoms with Crippen molar-refractivity contribution in [2.75, 3.05) is 18.0 Å². The van der Waals surface area contributed by atoms with Crippen LogP contribution in [0.2, 0.25) is 0 Å². The maximum atomic E-state index is 5.04. The zero-order valence-corrected chi connectivity index (χ0v) is 15.1. The lowest BCUT2D eigenvalue weighted by Crippen LogP contribution is -2.40. The van der Waals surface area contributed by atoms with E-state index in [2.05, 4.69) is 44.8 Å². The summed E-state index contributed by atoms with van der Waals surface area (Å²) in [6.07, 6.45) is 3.75. The topological polar surface area (TPSA) is 28.2 Å². The van der Waals surface area contributed by atoms with Crippen LogP contribution in [0.5, 0.6) is 0 Å². The highest BCUT2D eigenvalue weighted by molar-refractivity contribution is 7.15. The standard InChI is InChI=1S/C17H31N3S/c1-6-13(4)16-15(11-18-7-2)21-17(19-16)20-9-8-12(3)10-14(20)5/h12-14,18H,6-11H2,1-5H3. The fourth-order valence-corrected chi connectivity index (χ4v) is 4.39. The Kier molecular flexibility index (Phi) is 6.06. The van der Waals surface area contributed by atoms with E-state index in [1.54, 1.807) is 0 Å². The first-order valence-corrected chi connectivity index (χ1v) is 9.35. The first-order valence-electron chi connectivity index (χ1n) is 8.53. The maximum Gasteiger partial charge on any atom is 0.186 e. The van der Waals surface area contributed by atoms with Gasteiger partial charge in [0, 0.05) is 24.0 Å². The van der Waals surface area contributed by atoms with Crippen molar-refractivity contribution in [3.63, 3.8) is 0 Å². The van der Waals surface area contributed by atoms with Gasteiger partial charge in [0.05, 0.1) is 5.69 Å². The van der Waals surface area contributed by atoms with Crippen LogP contribution < -0.4 is 10.2 Å². The number of thiazole rings is 1. The van der Waals surface area contributed by atoms with E-state index in [0.717, 1.165) is 32.0 Å². The molecule has 0 aromatic carbocycles. The second-order valence-corrected chi connectivity index (χ2v) is 7.63.